The summed E-state index contributed by atoms with van der Waals surface area (Å²) >= 11 is 0. The standard InChI is InChI=1S/C14H27N3/c15-10-13(12-4-2-1-3-5-12)11-17-14-6-8-16-9-7-14/h4,13-14,16-17H,1-3,5-11,15H2. The first-order chi connectivity index (χ1) is 8.40. The van der Waals surface area contributed by atoms with Gasteiger partial charge in [0, 0.05) is 25.0 Å². The third-order valence-electron chi connectivity index (χ3n) is 4.13. The van der Waals surface area contributed by atoms with Gasteiger partial charge in [0.25, 0.3) is 0 Å². The van der Waals surface area contributed by atoms with Crippen LogP contribution in [0, 0.1) is 5.92 Å². The van der Waals surface area contributed by atoms with Gasteiger partial charge in [0.05, 0.1) is 0 Å². The van der Waals surface area contributed by atoms with Gasteiger partial charge >= 0.3 is 0 Å². The van der Waals surface area contributed by atoms with Crippen LogP contribution in [0.25, 0.3) is 0 Å². The maximum atomic E-state index is 5.93. The number of nitrogens with one attached hydrogen (secondary N) is 2. The van der Waals surface area contributed by atoms with Crippen molar-refractivity contribution in [2.24, 2.45) is 11.7 Å². The van der Waals surface area contributed by atoms with Gasteiger partial charge in [-0.05, 0) is 51.6 Å². The highest BCUT2D eigenvalue weighted by Gasteiger charge is 2.17. The Labute approximate surface area is 105 Å². The van der Waals surface area contributed by atoms with Crippen molar-refractivity contribution < 1.29 is 0 Å². The maximum absolute atomic E-state index is 5.93. The molecule has 17 heavy (non-hydrogen) atoms. The van der Waals surface area contributed by atoms with Gasteiger partial charge in [-0.15, -0.1) is 0 Å². The van der Waals surface area contributed by atoms with Crippen LogP contribution in [0.1, 0.15) is 38.5 Å². The van der Waals surface area contributed by atoms with E-state index < -0.39 is 0 Å². The molecule has 3 heteroatoms. The van der Waals surface area contributed by atoms with E-state index in [-0.39, 0.29) is 0 Å². The second-order valence-electron chi connectivity index (χ2n) is 5.39. The van der Waals surface area contributed by atoms with Crippen molar-refractivity contribution in [3.63, 3.8) is 0 Å². The Balaban J connectivity index is 1.76. The summed E-state index contributed by atoms with van der Waals surface area (Å²) in [5.74, 6) is 0.574. The first-order valence-corrected chi connectivity index (χ1v) is 7.23. The fourth-order valence-electron chi connectivity index (χ4n) is 2.93. The van der Waals surface area contributed by atoms with Crippen LogP contribution in [0.15, 0.2) is 11.6 Å². The Morgan fingerprint density at radius 1 is 1.35 bits per heavy atom. The molecule has 1 heterocycles. The molecule has 0 saturated carbocycles. The van der Waals surface area contributed by atoms with E-state index in [0.717, 1.165) is 26.2 Å². The van der Waals surface area contributed by atoms with Crippen molar-refractivity contribution in [1.82, 2.24) is 10.6 Å². The molecule has 1 atom stereocenters. The minimum atomic E-state index is 0.574. The molecule has 3 nitrogen and oxygen atoms in total. The third kappa shape index (κ3) is 4.09. The quantitative estimate of drug-likeness (QED) is 0.634. The van der Waals surface area contributed by atoms with Crippen molar-refractivity contribution in [1.29, 1.82) is 0 Å². The third-order valence-corrected chi connectivity index (χ3v) is 4.13. The average molecular weight is 237 g/mol. The SMILES string of the molecule is NCC(CNC1CCNCC1)C1=CCCCC1. The van der Waals surface area contributed by atoms with Crippen LogP contribution in [0.5, 0.6) is 0 Å². The van der Waals surface area contributed by atoms with E-state index >= 15 is 0 Å². The number of nitrogens with two attached hydrogens (primary N) is 1. The van der Waals surface area contributed by atoms with Gasteiger partial charge in [0.2, 0.25) is 0 Å². The van der Waals surface area contributed by atoms with Gasteiger partial charge < -0.3 is 16.4 Å². The molecule has 1 aliphatic carbocycles. The van der Waals surface area contributed by atoms with Gasteiger partial charge in [-0.1, -0.05) is 11.6 Å². The molecule has 4 N–H and O–H groups in total. The van der Waals surface area contributed by atoms with E-state index in [1.54, 1.807) is 5.57 Å². The summed E-state index contributed by atoms with van der Waals surface area (Å²) in [5, 5.41) is 7.11. The number of hydrogen-bond donors (Lipinski definition) is 3. The fourth-order valence-corrected chi connectivity index (χ4v) is 2.93. The van der Waals surface area contributed by atoms with Crippen molar-refractivity contribution >= 4 is 0 Å². The zero-order chi connectivity index (χ0) is 11.9. The van der Waals surface area contributed by atoms with E-state index in [0.29, 0.717) is 12.0 Å². The van der Waals surface area contributed by atoms with Crippen molar-refractivity contribution in [3.8, 4) is 0 Å². The lowest BCUT2D eigenvalue weighted by molar-refractivity contribution is 0.367. The predicted octanol–water partition coefficient (Wildman–Crippen LogP) is 1.40. The first-order valence-electron chi connectivity index (χ1n) is 7.23. The van der Waals surface area contributed by atoms with Crippen LogP contribution in [0.4, 0.5) is 0 Å². The Kier molecular flexibility index (Phi) is 5.49. The Morgan fingerprint density at radius 2 is 2.18 bits per heavy atom. The number of allylic oxidation sites excluding steroid dienone is 1. The van der Waals surface area contributed by atoms with Crippen LogP contribution < -0.4 is 16.4 Å². The highest BCUT2D eigenvalue weighted by molar-refractivity contribution is 5.10. The molecule has 1 fully saturated rings. The van der Waals surface area contributed by atoms with Crippen molar-refractivity contribution in [2.45, 2.75) is 44.6 Å². The number of hydrogen-bond acceptors (Lipinski definition) is 3. The summed E-state index contributed by atoms with van der Waals surface area (Å²) in [6, 6.07) is 0.703. The largest absolute Gasteiger partial charge is 0.330 e. The van der Waals surface area contributed by atoms with Crippen LogP contribution in [0.2, 0.25) is 0 Å². The molecule has 2 aliphatic rings. The molecular weight excluding hydrogens is 210 g/mol. The second-order valence-corrected chi connectivity index (χ2v) is 5.39. The summed E-state index contributed by atoms with van der Waals surface area (Å²) in [5.41, 5.74) is 7.54. The van der Waals surface area contributed by atoms with Gasteiger partial charge in [-0.2, -0.15) is 0 Å². The van der Waals surface area contributed by atoms with E-state index in [4.69, 9.17) is 5.73 Å². The topological polar surface area (TPSA) is 50.1 Å². The minimum absolute atomic E-state index is 0.574. The molecule has 1 unspecified atom stereocenters. The van der Waals surface area contributed by atoms with Crippen LogP contribution >= 0.6 is 0 Å². The zero-order valence-corrected chi connectivity index (χ0v) is 10.9. The fraction of sp³-hybridized carbons (Fsp3) is 0.857. The Bertz CT molecular complexity index is 244. The first kappa shape index (κ1) is 13.1. The molecule has 0 aromatic heterocycles. The van der Waals surface area contributed by atoms with E-state index in [9.17, 15) is 0 Å². The van der Waals surface area contributed by atoms with Crippen LogP contribution in [-0.4, -0.2) is 32.2 Å². The van der Waals surface area contributed by atoms with E-state index in [1.807, 2.05) is 0 Å². The molecule has 0 bridgehead atoms. The van der Waals surface area contributed by atoms with Crippen LogP contribution in [0.3, 0.4) is 0 Å². The van der Waals surface area contributed by atoms with Gasteiger partial charge in [-0.25, -0.2) is 0 Å². The average Bonchev–Trinajstić information content (AvgIpc) is 2.42. The summed E-state index contributed by atoms with van der Waals surface area (Å²) in [6.45, 7) is 4.19. The molecule has 98 valence electrons. The van der Waals surface area contributed by atoms with Gasteiger partial charge in [0.15, 0.2) is 0 Å². The molecule has 0 spiro atoms. The lowest BCUT2D eigenvalue weighted by Crippen LogP contribution is -2.43. The molecule has 0 aromatic rings. The van der Waals surface area contributed by atoms with Gasteiger partial charge in [-0.3, -0.25) is 0 Å². The molecule has 0 radical (unpaired) electrons. The highest BCUT2D eigenvalue weighted by Crippen LogP contribution is 2.23. The summed E-state index contributed by atoms with van der Waals surface area (Å²) in [4.78, 5) is 0. The lowest BCUT2D eigenvalue weighted by Gasteiger charge is -2.28. The van der Waals surface area contributed by atoms with E-state index in [2.05, 4.69) is 16.7 Å². The summed E-state index contributed by atoms with van der Waals surface area (Å²) < 4.78 is 0. The molecule has 0 amide bonds. The van der Waals surface area contributed by atoms with Crippen molar-refractivity contribution in [3.05, 3.63) is 11.6 Å². The molecular formula is C14H27N3. The predicted molar refractivity (Wildman–Crippen MR) is 73.0 cm³/mol. The minimum Gasteiger partial charge on any atom is -0.330 e. The molecule has 0 aromatic carbocycles. The normalized spacial score (nSPS) is 24.4. The molecule has 2 rings (SSSR count). The zero-order valence-electron chi connectivity index (χ0n) is 10.9. The van der Waals surface area contributed by atoms with Gasteiger partial charge in [0.1, 0.15) is 0 Å². The summed E-state index contributed by atoms with van der Waals surface area (Å²) in [6.07, 6.45) is 10.2. The monoisotopic (exact) mass is 237 g/mol. The Morgan fingerprint density at radius 3 is 2.82 bits per heavy atom. The highest BCUT2D eigenvalue weighted by atomic mass is 15.0. The Hall–Kier alpha value is -0.380. The number of piperidine rings is 1. The molecule has 1 aliphatic heterocycles. The number of rotatable bonds is 5. The second kappa shape index (κ2) is 7.14. The van der Waals surface area contributed by atoms with Crippen molar-refractivity contribution in [2.75, 3.05) is 26.2 Å². The molecule has 1 saturated heterocycles. The summed E-state index contributed by atoms with van der Waals surface area (Å²) in [7, 11) is 0. The maximum Gasteiger partial charge on any atom is 0.00914 e. The van der Waals surface area contributed by atoms with Crippen LogP contribution in [-0.2, 0) is 0 Å². The smallest absolute Gasteiger partial charge is 0.00914 e. The van der Waals surface area contributed by atoms with E-state index in [1.165, 1.54) is 38.5 Å². The lowest BCUT2D eigenvalue weighted by atomic mass is 9.89.